The van der Waals surface area contributed by atoms with Gasteiger partial charge in [0.15, 0.2) is 0 Å². The van der Waals surface area contributed by atoms with Gasteiger partial charge in [0.05, 0.1) is 11.9 Å². The number of carbonyl (C=O) groups is 2. The number of aliphatic carboxylic acids is 1. The van der Waals surface area contributed by atoms with Crippen molar-refractivity contribution < 1.29 is 24.5 Å². The number of carboxylic acid groups (broad SMARTS) is 2. The molecule has 0 bridgehead atoms. The molecule has 1 aliphatic carbocycles. The van der Waals surface area contributed by atoms with Crippen LogP contribution >= 0.6 is 0 Å². The van der Waals surface area contributed by atoms with Crippen molar-refractivity contribution in [2.45, 2.75) is 57.7 Å². The van der Waals surface area contributed by atoms with Crippen LogP contribution in [0.4, 0.5) is 0 Å². The first-order valence-electron chi connectivity index (χ1n) is 13.5. The first-order chi connectivity index (χ1) is 19.3. The van der Waals surface area contributed by atoms with Crippen molar-refractivity contribution in [1.29, 1.82) is 0 Å². The van der Waals surface area contributed by atoms with Crippen molar-refractivity contribution in [3.05, 3.63) is 88.0 Å². The van der Waals surface area contributed by atoms with Crippen LogP contribution in [0, 0.1) is 6.92 Å². The number of hydrogen-bond acceptors (Lipinski definition) is 6. The number of hydrogen-bond donors (Lipinski definition) is 2. The summed E-state index contributed by atoms with van der Waals surface area (Å²) in [5, 5.41) is 25.3. The molecule has 0 saturated carbocycles. The van der Waals surface area contributed by atoms with Crippen LogP contribution < -0.4 is 4.74 Å². The Morgan fingerprint density at radius 1 is 1.18 bits per heavy atom. The van der Waals surface area contributed by atoms with Crippen LogP contribution in [0.1, 0.15) is 65.1 Å². The SMILES string of the molecule is Cc1c(C(CC(=O)O)c2ccc3c(c2)C(N2Cc4ccccc4O[C@@H](C)C2)CC3)ccc2c1nnn2C.O=CO. The molecule has 3 atom stereocenters. The number of aromatic nitrogens is 3. The summed E-state index contributed by atoms with van der Waals surface area (Å²) in [6.07, 6.45) is 2.21. The highest BCUT2D eigenvalue weighted by molar-refractivity contribution is 5.80. The zero-order chi connectivity index (χ0) is 28.4. The molecule has 9 heteroatoms. The van der Waals surface area contributed by atoms with Gasteiger partial charge in [0, 0.05) is 37.7 Å². The number of para-hydroxylation sites is 1. The molecule has 1 aliphatic heterocycles. The van der Waals surface area contributed by atoms with Crippen molar-refractivity contribution in [3.63, 3.8) is 0 Å². The van der Waals surface area contributed by atoms with E-state index in [2.05, 4.69) is 58.5 Å². The van der Waals surface area contributed by atoms with E-state index in [-0.39, 0.29) is 31.0 Å². The third-order valence-electron chi connectivity index (χ3n) is 8.06. The average molecular weight is 543 g/mol. The van der Waals surface area contributed by atoms with Crippen LogP contribution in [0.2, 0.25) is 0 Å². The van der Waals surface area contributed by atoms with Gasteiger partial charge >= 0.3 is 5.97 Å². The number of benzene rings is 3. The maximum atomic E-state index is 12.0. The second kappa shape index (κ2) is 11.5. The number of carboxylic acids is 1. The molecule has 0 amide bonds. The molecular weight excluding hydrogens is 508 g/mol. The van der Waals surface area contributed by atoms with E-state index in [9.17, 15) is 9.90 Å². The number of fused-ring (bicyclic) bond motifs is 3. The lowest BCUT2D eigenvalue weighted by molar-refractivity contribution is -0.137. The van der Waals surface area contributed by atoms with Crippen molar-refractivity contribution in [2.75, 3.05) is 6.54 Å². The van der Waals surface area contributed by atoms with Gasteiger partial charge in [-0.25, -0.2) is 4.68 Å². The van der Waals surface area contributed by atoms with Gasteiger partial charge in [0.25, 0.3) is 6.47 Å². The van der Waals surface area contributed by atoms with Crippen molar-refractivity contribution in [1.82, 2.24) is 19.9 Å². The Morgan fingerprint density at radius 3 is 2.73 bits per heavy atom. The summed E-state index contributed by atoms with van der Waals surface area (Å²) in [5.41, 5.74) is 8.69. The molecule has 2 unspecified atom stereocenters. The maximum Gasteiger partial charge on any atom is 0.304 e. The fourth-order valence-electron chi connectivity index (χ4n) is 6.26. The van der Waals surface area contributed by atoms with E-state index in [4.69, 9.17) is 14.6 Å². The highest BCUT2D eigenvalue weighted by Crippen LogP contribution is 2.42. The van der Waals surface area contributed by atoms with Crippen molar-refractivity contribution in [2.24, 2.45) is 7.05 Å². The lowest BCUT2D eigenvalue weighted by Gasteiger charge is -2.30. The lowest BCUT2D eigenvalue weighted by atomic mass is 9.84. The fraction of sp³-hybridized carbons (Fsp3) is 0.355. The molecule has 0 spiro atoms. The zero-order valence-corrected chi connectivity index (χ0v) is 22.9. The Bertz CT molecular complexity index is 1550. The summed E-state index contributed by atoms with van der Waals surface area (Å²) in [6.45, 7) is 5.60. The van der Waals surface area contributed by atoms with Crippen molar-refractivity contribution in [3.8, 4) is 5.75 Å². The van der Waals surface area contributed by atoms with E-state index in [0.717, 1.165) is 59.4 Å². The van der Waals surface area contributed by atoms with Gasteiger partial charge in [0.2, 0.25) is 0 Å². The third kappa shape index (κ3) is 5.29. The second-order valence-corrected chi connectivity index (χ2v) is 10.6. The predicted molar refractivity (Wildman–Crippen MR) is 150 cm³/mol. The first-order valence-corrected chi connectivity index (χ1v) is 13.5. The van der Waals surface area contributed by atoms with Gasteiger partial charge in [0.1, 0.15) is 17.4 Å². The summed E-state index contributed by atoms with van der Waals surface area (Å²) in [7, 11) is 1.87. The van der Waals surface area contributed by atoms with E-state index in [1.807, 2.05) is 32.2 Å². The normalized spacial score (nSPS) is 19.0. The molecule has 0 radical (unpaired) electrons. The second-order valence-electron chi connectivity index (χ2n) is 10.6. The Hall–Kier alpha value is -4.24. The molecular formula is C31H34N4O5. The minimum absolute atomic E-state index is 0.0258. The van der Waals surface area contributed by atoms with Gasteiger partial charge in [-0.05, 0) is 66.6 Å². The molecule has 2 heterocycles. The minimum Gasteiger partial charge on any atom is -0.489 e. The third-order valence-corrected chi connectivity index (χ3v) is 8.06. The Morgan fingerprint density at radius 2 is 1.95 bits per heavy atom. The molecule has 6 rings (SSSR count). The van der Waals surface area contributed by atoms with Crippen molar-refractivity contribution >= 4 is 23.5 Å². The molecule has 1 aromatic heterocycles. The molecule has 2 N–H and O–H groups in total. The standard InChI is InChI=1S/C30H32N4O3.CH2O2/c1-18-16-34(17-22-6-4-5-7-28(22)37-18)26-12-10-20-8-9-21(14-25(20)26)24(15-29(35)36)23-11-13-27-30(19(23)2)31-32-33(27)3;2-1-3/h4-9,11,13-14,18,24,26H,10,12,15-17H2,1-3H3,(H,35,36);1H,(H,2,3)/t18-,24?,26?;/m0./s1. The number of aryl methyl sites for hydroxylation is 3. The number of nitrogens with zero attached hydrogens (tertiary/aromatic N) is 4. The summed E-state index contributed by atoms with van der Waals surface area (Å²) in [5.74, 6) is -0.0979. The van der Waals surface area contributed by atoms with Gasteiger partial charge in [-0.1, -0.05) is 47.7 Å². The topological polar surface area (TPSA) is 118 Å². The summed E-state index contributed by atoms with van der Waals surface area (Å²) >= 11 is 0. The van der Waals surface area contributed by atoms with E-state index >= 15 is 0 Å². The predicted octanol–water partition coefficient (Wildman–Crippen LogP) is 4.85. The first kappa shape index (κ1) is 27.3. The molecule has 0 fully saturated rings. The van der Waals surface area contributed by atoms with Crippen LogP contribution in [-0.4, -0.2) is 55.2 Å². The molecule has 9 nitrogen and oxygen atoms in total. The maximum absolute atomic E-state index is 12.0. The van der Waals surface area contributed by atoms with Crippen LogP contribution in [0.3, 0.4) is 0 Å². The summed E-state index contributed by atoms with van der Waals surface area (Å²) < 4.78 is 7.98. The van der Waals surface area contributed by atoms with Gasteiger partial charge in [-0.15, -0.1) is 5.10 Å². The highest BCUT2D eigenvalue weighted by atomic mass is 16.5. The van der Waals surface area contributed by atoms with E-state index in [0.29, 0.717) is 0 Å². The van der Waals surface area contributed by atoms with E-state index < -0.39 is 5.97 Å². The van der Waals surface area contributed by atoms with E-state index in [1.54, 1.807) is 4.68 Å². The van der Waals surface area contributed by atoms with Crippen LogP contribution in [0.15, 0.2) is 54.6 Å². The molecule has 3 aromatic carbocycles. The molecule has 4 aromatic rings. The molecule has 0 saturated heterocycles. The minimum atomic E-state index is -0.809. The summed E-state index contributed by atoms with van der Waals surface area (Å²) in [6, 6.07) is 19.2. The number of rotatable bonds is 5. The quantitative estimate of drug-likeness (QED) is 0.344. The van der Waals surface area contributed by atoms with Crippen LogP contribution in [-0.2, 0) is 29.6 Å². The van der Waals surface area contributed by atoms with E-state index in [1.165, 1.54) is 16.7 Å². The zero-order valence-electron chi connectivity index (χ0n) is 22.9. The Kier molecular flexibility index (Phi) is 7.84. The smallest absolute Gasteiger partial charge is 0.304 e. The fourth-order valence-corrected chi connectivity index (χ4v) is 6.26. The summed E-state index contributed by atoms with van der Waals surface area (Å²) in [4.78, 5) is 22.9. The van der Waals surface area contributed by atoms with Gasteiger partial charge in [-0.2, -0.15) is 0 Å². The average Bonchev–Trinajstić information content (AvgIpc) is 3.47. The van der Waals surface area contributed by atoms with Gasteiger partial charge < -0.3 is 14.9 Å². The molecule has 208 valence electrons. The number of ether oxygens (including phenoxy) is 1. The molecule has 2 aliphatic rings. The largest absolute Gasteiger partial charge is 0.489 e. The Balaban J connectivity index is 0.00000103. The van der Waals surface area contributed by atoms with Crippen LogP contribution in [0.25, 0.3) is 11.0 Å². The van der Waals surface area contributed by atoms with Crippen LogP contribution in [0.5, 0.6) is 5.75 Å². The lowest BCUT2D eigenvalue weighted by Crippen LogP contribution is -2.33. The molecule has 40 heavy (non-hydrogen) atoms. The highest BCUT2D eigenvalue weighted by Gasteiger charge is 2.33. The van der Waals surface area contributed by atoms with Gasteiger partial charge in [-0.3, -0.25) is 14.5 Å². The Labute approximate surface area is 233 Å². The monoisotopic (exact) mass is 542 g/mol.